The van der Waals surface area contributed by atoms with Crippen LogP contribution in [0.15, 0.2) is 18.2 Å². The van der Waals surface area contributed by atoms with Crippen molar-refractivity contribution in [3.05, 3.63) is 34.9 Å². The molecule has 7 nitrogen and oxygen atoms in total. The average Bonchev–Trinajstić information content (AvgIpc) is 2.80. The van der Waals surface area contributed by atoms with Crippen LogP contribution in [-0.4, -0.2) is 47.5 Å². The Hall–Kier alpha value is -2.57. The molecular weight excluding hydrogens is 466 g/mol. The van der Waals surface area contributed by atoms with Gasteiger partial charge in [0.1, 0.15) is 17.7 Å². The van der Waals surface area contributed by atoms with Gasteiger partial charge in [0, 0.05) is 13.1 Å². The lowest BCUT2D eigenvalue weighted by Gasteiger charge is -2.34. The zero-order valence-electron chi connectivity index (χ0n) is 24.5. The van der Waals surface area contributed by atoms with Crippen LogP contribution < -0.4 is 10.6 Å². The Kier molecular flexibility index (Phi) is 14.3. The highest BCUT2D eigenvalue weighted by molar-refractivity contribution is 5.92. The van der Waals surface area contributed by atoms with E-state index < -0.39 is 23.8 Å². The summed E-state index contributed by atoms with van der Waals surface area (Å²) in [5.41, 5.74) is 2.20. The quantitative estimate of drug-likeness (QED) is 0.265. The molecule has 0 aromatic heterocycles. The number of benzene rings is 1. The molecule has 210 valence electrons. The van der Waals surface area contributed by atoms with Gasteiger partial charge in [-0.2, -0.15) is 0 Å². The van der Waals surface area contributed by atoms with Crippen molar-refractivity contribution in [2.45, 2.75) is 124 Å². The highest BCUT2D eigenvalue weighted by Gasteiger charge is 2.35. The lowest BCUT2D eigenvalue weighted by molar-refractivity contribution is -0.142. The van der Waals surface area contributed by atoms with Crippen LogP contribution in [0, 0.1) is 13.8 Å². The summed E-state index contributed by atoms with van der Waals surface area (Å²) in [6.07, 6.45) is 7.46. The topological polar surface area (TPSA) is 87.7 Å². The highest BCUT2D eigenvalue weighted by Crippen LogP contribution is 2.27. The van der Waals surface area contributed by atoms with E-state index in [0.29, 0.717) is 13.1 Å². The molecule has 2 atom stereocenters. The molecule has 2 N–H and O–H groups in total. The summed E-state index contributed by atoms with van der Waals surface area (Å²) >= 11 is 0. The van der Waals surface area contributed by atoms with Crippen LogP contribution >= 0.6 is 0 Å². The van der Waals surface area contributed by atoms with Crippen LogP contribution in [0.5, 0.6) is 0 Å². The number of amides is 3. The van der Waals surface area contributed by atoms with Gasteiger partial charge in [0.2, 0.25) is 11.8 Å². The first kappa shape index (κ1) is 32.5. The van der Waals surface area contributed by atoms with E-state index in [1.54, 1.807) is 32.6 Å². The fraction of sp³-hybridized carbons (Fsp3) is 0.700. The number of aryl methyl sites for hydroxylation is 2. The molecule has 1 aromatic rings. The minimum atomic E-state index is -0.841. The van der Waals surface area contributed by atoms with E-state index in [4.69, 9.17) is 4.74 Å². The molecule has 0 bridgehead atoms. The van der Waals surface area contributed by atoms with Gasteiger partial charge in [-0.15, -0.1) is 0 Å². The van der Waals surface area contributed by atoms with Gasteiger partial charge in [-0.3, -0.25) is 9.59 Å². The third kappa shape index (κ3) is 12.0. The molecule has 7 heteroatoms. The summed E-state index contributed by atoms with van der Waals surface area (Å²) in [6, 6.07) is 4.35. The number of ether oxygens (including phenoxy) is 1. The molecule has 0 fully saturated rings. The molecule has 3 amide bonds. The summed E-state index contributed by atoms with van der Waals surface area (Å²) < 4.78 is 5.36. The number of unbranched alkanes of at least 4 members (excludes halogenated alkanes) is 6. The van der Waals surface area contributed by atoms with E-state index >= 15 is 0 Å². The van der Waals surface area contributed by atoms with Gasteiger partial charge in [-0.1, -0.05) is 76.1 Å². The molecule has 37 heavy (non-hydrogen) atoms. The summed E-state index contributed by atoms with van der Waals surface area (Å²) in [5, 5.41) is 5.74. The maximum absolute atomic E-state index is 13.8. The number of rotatable bonds is 15. The van der Waals surface area contributed by atoms with Crippen LogP contribution in [0.1, 0.15) is 116 Å². The SMILES string of the molecule is CCCCCCCN(C(=O)C(C)NC(=O)OC(C)(C)C)C(C(=O)NCCCCC)c1ccc(C)cc1C. The van der Waals surface area contributed by atoms with Crippen LogP contribution in [0.4, 0.5) is 4.79 Å². The first-order valence-electron chi connectivity index (χ1n) is 14.1. The van der Waals surface area contributed by atoms with Gasteiger partial charge in [0.15, 0.2) is 0 Å². The Morgan fingerprint density at radius 3 is 2.16 bits per heavy atom. The van der Waals surface area contributed by atoms with E-state index in [0.717, 1.165) is 68.1 Å². The fourth-order valence-electron chi connectivity index (χ4n) is 4.31. The van der Waals surface area contributed by atoms with Crippen molar-refractivity contribution in [2.24, 2.45) is 0 Å². The minimum Gasteiger partial charge on any atom is -0.444 e. The van der Waals surface area contributed by atoms with Gasteiger partial charge in [0.05, 0.1) is 0 Å². The smallest absolute Gasteiger partial charge is 0.408 e. The van der Waals surface area contributed by atoms with Crippen molar-refractivity contribution in [3.63, 3.8) is 0 Å². The second kappa shape index (κ2) is 16.3. The maximum Gasteiger partial charge on any atom is 0.408 e. The van der Waals surface area contributed by atoms with Crippen molar-refractivity contribution in [1.29, 1.82) is 0 Å². The van der Waals surface area contributed by atoms with Crippen LogP contribution in [0.3, 0.4) is 0 Å². The first-order valence-corrected chi connectivity index (χ1v) is 14.1. The van der Waals surface area contributed by atoms with E-state index in [2.05, 4.69) is 24.5 Å². The van der Waals surface area contributed by atoms with Gasteiger partial charge in [-0.25, -0.2) is 4.79 Å². The highest BCUT2D eigenvalue weighted by atomic mass is 16.6. The van der Waals surface area contributed by atoms with Crippen LogP contribution in [0.25, 0.3) is 0 Å². The number of carbonyl (C=O) groups is 3. The van der Waals surface area contributed by atoms with Crippen molar-refractivity contribution < 1.29 is 19.1 Å². The molecule has 0 aliphatic heterocycles. The Labute approximate surface area is 225 Å². The van der Waals surface area contributed by atoms with Crippen molar-refractivity contribution in [1.82, 2.24) is 15.5 Å². The number of hydrogen-bond acceptors (Lipinski definition) is 4. The molecule has 0 radical (unpaired) electrons. The van der Waals surface area contributed by atoms with Gasteiger partial charge >= 0.3 is 6.09 Å². The molecule has 1 aromatic carbocycles. The third-order valence-electron chi connectivity index (χ3n) is 6.25. The molecule has 2 unspecified atom stereocenters. The van der Waals surface area contributed by atoms with Crippen molar-refractivity contribution in [2.75, 3.05) is 13.1 Å². The van der Waals surface area contributed by atoms with Crippen molar-refractivity contribution in [3.8, 4) is 0 Å². The Balaban J connectivity index is 3.30. The molecule has 0 heterocycles. The molecule has 0 saturated heterocycles. The lowest BCUT2D eigenvalue weighted by atomic mass is 9.96. The predicted octanol–water partition coefficient (Wildman–Crippen LogP) is 6.36. The number of nitrogens with zero attached hydrogens (tertiary/aromatic N) is 1. The molecule has 1 rings (SSSR count). The zero-order valence-corrected chi connectivity index (χ0v) is 24.5. The Morgan fingerprint density at radius 2 is 1.57 bits per heavy atom. The van der Waals surface area contributed by atoms with Gasteiger partial charge in [0.25, 0.3) is 0 Å². The predicted molar refractivity (Wildman–Crippen MR) is 150 cm³/mol. The van der Waals surface area contributed by atoms with E-state index in [9.17, 15) is 14.4 Å². The summed E-state index contributed by atoms with van der Waals surface area (Å²) in [4.78, 5) is 41.5. The van der Waals surface area contributed by atoms with E-state index in [1.807, 2.05) is 32.0 Å². The molecular formula is C30H51N3O4. The van der Waals surface area contributed by atoms with Crippen LogP contribution in [-0.2, 0) is 14.3 Å². The minimum absolute atomic E-state index is 0.186. The van der Waals surface area contributed by atoms with Gasteiger partial charge in [-0.05, 0) is 65.5 Å². The first-order chi connectivity index (χ1) is 17.4. The number of carbonyl (C=O) groups excluding carboxylic acids is 3. The lowest BCUT2D eigenvalue weighted by Crippen LogP contribution is -2.52. The normalized spacial score (nSPS) is 13.0. The second-order valence-electron chi connectivity index (χ2n) is 11.1. The number of nitrogens with one attached hydrogen (secondary N) is 2. The third-order valence-corrected chi connectivity index (χ3v) is 6.25. The summed E-state index contributed by atoms with van der Waals surface area (Å²) in [7, 11) is 0. The molecule has 0 spiro atoms. The Morgan fingerprint density at radius 1 is 0.946 bits per heavy atom. The zero-order chi connectivity index (χ0) is 28.0. The largest absolute Gasteiger partial charge is 0.444 e. The number of alkyl carbamates (subject to hydrolysis) is 1. The maximum atomic E-state index is 13.8. The summed E-state index contributed by atoms with van der Waals surface area (Å²) in [5.74, 6) is -0.482. The van der Waals surface area contributed by atoms with Crippen LogP contribution in [0.2, 0.25) is 0 Å². The summed E-state index contributed by atoms with van der Waals surface area (Å²) in [6.45, 7) is 16.3. The van der Waals surface area contributed by atoms with Crippen molar-refractivity contribution >= 4 is 17.9 Å². The molecule has 0 aliphatic rings. The molecule has 0 aliphatic carbocycles. The van der Waals surface area contributed by atoms with Gasteiger partial charge < -0.3 is 20.3 Å². The van der Waals surface area contributed by atoms with E-state index in [1.165, 1.54) is 0 Å². The van der Waals surface area contributed by atoms with E-state index in [-0.39, 0.29) is 11.8 Å². The monoisotopic (exact) mass is 517 g/mol. The number of hydrogen-bond donors (Lipinski definition) is 2. The standard InChI is InChI=1S/C30H51N3O4/c1-9-11-13-14-16-20-33(28(35)24(5)32-29(36)37-30(6,7)8)26(27(34)31-19-15-12-10-2)25-18-17-22(3)21-23(25)4/h17-18,21,24,26H,9-16,19-20H2,1-8H3,(H,31,34)(H,32,36). The average molecular weight is 518 g/mol. The second-order valence-corrected chi connectivity index (χ2v) is 11.1. The molecule has 0 saturated carbocycles. The fourth-order valence-corrected chi connectivity index (χ4v) is 4.31. The Bertz CT molecular complexity index is 863.